The van der Waals surface area contributed by atoms with Crippen LogP contribution in [0.2, 0.25) is 0 Å². The number of nitrogens with one attached hydrogen (secondary N) is 1. The van der Waals surface area contributed by atoms with Crippen molar-refractivity contribution in [3.8, 4) is 0 Å². The Morgan fingerprint density at radius 2 is 2.19 bits per heavy atom. The fourth-order valence-electron chi connectivity index (χ4n) is 2.72. The fraction of sp³-hybridized carbons (Fsp3) is 0.562. The Morgan fingerprint density at radius 3 is 2.76 bits per heavy atom. The fourth-order valence-corrected chi connectivity index (χ4v) is 2.72. The number of hydrogen-bond donors (Lipinski definition) is 2. The van der Waals surface area contributed by atoms with E-state index in [1.165, 1.54) is 18.2 Å². The van der Waals surface area contributed by atoms with E-state index in [0.29, 0.717) is 18.2 Å². The Hall–Kier alpha value is -1.62. The van der Waals surface area contributed by atoms with Gasteiger partial charge < -0.3 is 11.1 Å². The lowest BCUT2D eigenvalue weighted by Gasteiger charge is -2.27. The van der Waals surface area contributed by atoms with Gasteiger partial charge in [0.15, 0.2) is 0 Å². The molecule has 116 valence electrons. The first-order chi connectivity index (χ1) is 9.75. The Labute approximate surface area is 125 Å². The first-order valence-corrected chi connectivity index (χ1v) is 7.33. The predicted molar refractivity (Wildman–Crippen MR) is 83.4 cm³/mol. The molecule has 3 N–H and O–H groups in total. The minimum absolute atomic E-state index is 0.108. The highest BCUT2D eigenvalue weighted by Gasteiger charge is 2.32. The highest BCUT2D eigenvalue weighted by atomic mass is 19.1. The van der Waals surface area contributed by atoms with E-state index >= 15 is 0 Å². The zero-order valence-electron chi connectivity index (χ0n) is 12.9. The standard InChI is InChI=1S/C16H24FN3O/c1-16(2,3)11-6-7-20(9-11)10-15(21)19-14-5-4-12(17)8-13(14)18/h4-5,8,11H,6-7,9-10,18H2,1-3H3,(H,19,21). The van der Waals surface area contributed by atoms with Crippen molar-refractivity contribution in [3.63, 3.8) is 0 Å². The van der Waals surface area contributed by atoms with Gasteiger partial charge in [-0.15, -0.1) is 0 Å². The van der Waals surface area contributed by atoms with Gasteiger partial charge in [-0.2, -0.15) is 0 Å². The van der Waals surface area contributed by atoms with Crippen LogP contribution in [0.15, 0.2) is 18.2 Å². The molecule has 1 aliphatic rings. The molecule has 0 aliphatic carbocycles. The lowest BCUT2D eigenvalue weighted by atomic mass is 9.80. The maximum atomic E-state index is 13.0. The van der Waals surface area contributed by atoms with Gasteiger partial charge in [-0.25, -0.2) is 4.39 Å². The zero-order chi connectivity index (χ0) is 15.6. The van der Waals surface area contributed by atoms with Gasteiger partial charge in [-0.3, -0.25) is 9.69 Å². The van der Waals surface area contributed by atoms with E-state index < -0.39 is 5.82 Å². The summed E-state index contributed by atoms with van der Waals surface area (Å²) in [5.74, 6) is 0.0992. The zero-order valence-corrected chi connectivity index (χ0v) is 12.9. The molecule has 1 aromatic rings. The smallest absolute Gasteiger partial charge is 0.238 e. The van der Waals surface area contributed by atoms with Gasteiger partial charge in [-0.1, -0.05) is 20.8 Å². The van der Waals surface area contributed by atoms with Gasteiger partial charge in [0.05, 0.1) is 17.9 Å². The van der Waals surface area contributed by atoms with E-state index in [4.69, 9.17) is 5.73 Å². The van der Waals surface area contributed by atoms with Gasteiger partial charge in [-0.05, 0) is 42.5 Å². The number of hydrogen-bond acceptors (Lipinski definition) is 3. The molecule has 1 fully saturated rings. The first-order valence-electron chi connectivity index (χ1n) is 7.33. The molecule has 1 aliphatic heterocycles. The number of likely N-dealkylation sites (tertiary alicyclic amines) is 1. The number of nitrogens with zero attached hydrogens (tertiary/aromatic N) is 1. The van der Waals surface area contributed by atoms with Crippen LogP contribution in [0.1, 0.15) is 27.2 Å². The number of nitrogen functional groups attached to an aromatic ring is 1. The molecule has 1 aromatic carbocycles. The van der Waals surface area contributed by atoms with Crippen LogP contribution >= 0.6 is 0 Å². The van der Waals surface area contributed by atoms with Crippen molar-refractivity contribution in [1.82, 2.24) is 4.90 Å². The minimum Gasteiger partial charge on any atom is -0.397 e. The highest BCUT2D eigenvalue weighted by molar-refractivity contribution is 5.95. The summed E-state index contributed by atoms with van der Waals surface area (Å²) < 4.78 is 13.0. The number of benzene rings is 1. The molecule has 1 heterocycles. The van der Waals surface area contributed by atoms with Crippen LogP contribution < -0.4 is 11.1 Å². The number of amides is 1. The molecule has 0 aromatic heterocycles. The molecule has 21 heavy (non-hydrogen) atoms. The van der Waals surface area contributed by atoms with Gasteiger partial charge in [0.25, 0.3) is 0 Å². The minimum atomic E-state index is -0.405. The van der Waals surface area contributed by atoms with Crippen molar-refractivity contribution >= 4 is 17.3 Å². The summed E-state index contributed by atoms with van der Waals surface area (Å²) in [5, 5.41) is 2.75. The number of carbonyl (C=O) groups is 1. The summed E-state index contributed by atoms with van der Waals surface area (Å²) in [7, 11) is 0. The van der Waals surface area contributed by atoms with Crippen LogP contribution in [-0.2, 0) is 4.79 Å². The molecule has 0 spiro atoms. The SMILES string of the molecule is CC(C)(C)C1CCN(CC(=O)Nc2ccc(F)cc2N)C1. The van der Waals surface area contributed by atoms with Crippen molar-refractivity contribution in [1.29, 1.82) is 0 Å². The summed E-state index contributed by atoms with van der Waals surface area (Å²) in [4.78, 5) is 14.2. The van der Waals surface area contributed by atoms with Gasteiger partial charge in [0.1, 0.15) is 5.82 Å². The third-order valence-electron chi connectivity index (χ3n) is 4.15. The number of nitrogens with two attached hydrogens (primary N) is 1. The van der Waals surface area contributed by atoms with Crippen molar-refractivity contribution < 1.29 is 9.18 Å². The first kappa shape index (κ1) is 15.8. The van der Waals surface area contributed by atoms with E-state index in [0.717, 1.165) is 19.5 Å². The van der Waals surface area contributed by atoms with Crippen LogP contribution in [0.4, 0.5) is 15.8 Å². The number of carbonyl (C=O) groups excluding carboxylic acids is 1. The molecule has 4 nitrogen and oxygen atoms in total. The van der Waals surface area contributed by atoms with Crippen LogP contribution in [-0.4, -0.2) is 30.4 Å². The predicted octanol–water partition coefficient (Wildman–Crippen LogP) is 2.71. The molecule has 5 heteroatoms. The number of anilines is 2. The molecule has 1 unspecified atom stereocenters. The lowest BCUT2D eigenvalue weighted by Crippen LogP contribution is -2.33. The van der Waals surface area contributed by atoms with Crippen molar-refractivity contribution in [2.75, 3.05) is 30.7 Å². The Kier molecular flexibility index (Phi) is 4.52. The van der Waals surface area contributed by atoms with Crippen LogP contribution in [0, 0.1) is 17.2 Å². The molecule has 1 atom stereocenters. The third kappa shape index (κ3) is 4.17. The van der Waals surface area contributed by atoms with Crippen LogP contribution in [0.3, 0.4) is 0 Å². The summed E-state index contributed by atoms with van der Waals surface area (Å²) in [6, 6.07) is 3.99. The lowest BCUT2D eigenvalue weighted by molar-refractivity contribution is -0.117. The molecule has 0 bridgehead atoms. The maximum Gasteiger partial charge on any atom is 0.238 e. The monoisotopic (exact) mass is 293 g/mol. The van der Waals surface area contributed by atoms with E-state index in [1.807, 2.05) is 0 Å². The molecular formula is C16H24FN3O. The normalized spacial score (nSPS) is 19.7. The van der Waals surface area contributed by atoms with Crippen molar-refractivity contribution in [2.24, 2.45) is 11.3 Å². The maximum absolute atomic E-state index is 13.0. The van der Waals surface area contributed by atoms with Crippen molar-refractivity contribution in [2.45, 2.75) is 27.2 Å². The Bertz CT molecular complexity index is 525. The van der Waals surface area contributed by atoms with Gasteiger partial charge >= 0.3 is 0 Å². The summed E-state index contributed by atoms with van der Waals surface area (Å²) >= 11 is 0. The second-order valence-electron chi connectivity index (χ2n) is 6.87. The number of rotatable bonds is 3. The van der Waals surface area contributed by atoms with E-state index in [9.17, 15) is 9.18 Å². The molecule has 0 radical (unpaired) electrons. The highest BCUT2D eigenvalue weighted by Crippen LogP contribution is 2.33. The van der Waals surface area contributed by atoms with E-state index in [-0.39, 0.29) is 17.0 Å². The number of halogens is 1. The van der Waals surface area contributed by atoms with Crippen LogP contribution in [0.25, 0.3) is 0 Å². The summed E-state index contributed by atoms with van der Waals surface area (Å²) in [6.07, 6.45) is 1.12. The quantitative estimate of drug-likeness (QED) is 0.842. The van der Waals surface area contributed by atoms with Gasteiger partial charge in [0, 0.05) is 6.54 Å². The van der Waals surface area contributed by atoms with E-state index in [2.05, 4.69) is 31.0 Å². The largest absolute Gasteiger partial charge is 0.397 e. The molecule has 1 saturated heterocycles. The molecule has 2 rings (SSSR count). The molecule has 0 saturated carbocycles. The summed E-state index contributed by atoms with van der Waals surface area (Å²) in [6.45, 7) is 8.94. The van der Waals surface area contributed by atoms with Crippen LogP contribution in [0.5, 0.6) is 0 Å². The topological polar surface area (TPSA) is 58.4 Å². The van der Waals surface area contributed by atoms with Gasteiger partial charge in [0.2, 0.25) is 5.91 Å². The second-order valence-corrected chi connectivity index (χ2v) is 6.87. The Balaban J connectivity index is 1.88. The van der Waals surface area contributed by atoms with Crippen molar-refractivity contribution in [3.05, 3.63) is 24.0 Å². The molecular weight excluding hydrogens is 269 g/mol. The van der Waals surface area contributed by atoms with E-state index in [1.54, 1.807) is 0 Å². The third-order valence-corrected chi connectivity index (χ3v) is 4.15. The Morgan fingerprint density at radius 1 is 1.48 bits per heavy atom. The molecule has 1 amide bonds. The average Bonchev–Trinajstić information content (AvgIpc) is 2.81. The summed E-state index contributed by atoms with van der Waals surface area (Å²) in [5.41, 5.74) is 6.67. The average molecular weight is 293 g/mol. The second kappa shape index (κ2) is 6.02.